The quantitative estimate of drug-likeness (QED) is 0.636. The molecule has 0 atom stereocenters. The van der Waals surface area contributed by atoms with Gasteiger partial charge in [0.05, 0.1) is 25.5 Å². The molecule has 8 nitrogen and oxygen atoms in total. The zero-order valence-corrected chi connectivity index (χ0v) is 16.1. The topological polar surface area (TPSA) is 98.6 Å². The summed E-state index contributed by atoms with van der Waals surface area (Å²) in [6.45, 7) is 3.90. The van der Waals surface area contributed by atoms with Crippen LogP contribution in [-0.4, -0.2) is 45.2 Å². The number of aryl methyl sites for hydroxylation is 1. The van der Waals surface area contributed by atoms with Crippen LogP contribution in [0.5, 0.6) is 0 Å². The number of esters is 2. The predicted octanol–water partition coefficient (Wildman–Crippen LogP) is 3.01. The molecule has 0 saturated heterocycles. The Labute approximate surface area is 157 Å². The molecular formula is C17H17BrN4O4. The van der Waals surface area contributed by atoms with Gasteiger partial charge in [-0.15, -0.1) is 0 Å². The monoisotopic (exact) mass is 420 g/mol. The number of fused-ring (bicyclic) bond motifs is 1. The number of hydrogen-bond acceptors (Lipinski definition) is 6. The molecule has 0 amide bonds. The first-order valence-corrected chi connectivity index (χ1v) is 8.80. The SMILES string of the molecule is CCOC(=O)c1n[nH]c(CC)c1-c1cc(C(=O)OC)cn2c(Br)cnc12. The maximum Gasteiger partial charge on any atom is 0.359 e. The lowest BCUT2D eigenvalue weighted by molar-refractivity contribution is 0.0519. The van der Waals surface area contributed by atoms with Crippen molar-refractivity contribution in [3.63, 3.8) is 0 Å². The largest absolute Gasteiger partial charge is 0.465 e. The van der Waals surface area contributed by atoms with E-state index in [2.05, 4.69) is 31.1 Å². The summed E-state index contributed by atoms with van der Waals surface area (Å²) in [7, 11) is 1.31. The Morgan fingerprint density at radius 3 is 2.73 bits per heavy atom. The third kappa shape index (κ3) is 2.98. The van der Waals surface area contributed by atoms with Gasteiger partial charge in [-0.05, 0) is 35.3 Å². The van der Waals surface area contributed by atoms with Crippen LogP contribution in [0.2, 0.25) is 0 Å². The number of nitrogens with one attached hydrogen (secondary N) is 1. The molecule has 0 fully saturated rings. The minimum absolute atomic E-state index is 0.159. The van der Waals surface area contributed by atoms with Crippen LogP contribution in [0.3, 0.4) is 0 Å². The van der Waals surface area contributed by atoms with Crippen molar-refractivity contribution in [2.24, 2.45) is 0 Å². The van der Waals surface area contributed by atoms with E-state index in [1.165, 1.54) is 7.11 Å². The minimum Gasteiger partial charge on any atom is -0.465 e. The summed E-state index contributed by atoms with van der Waals surface area (Å²) in [5.74, 6) is -1.03. The first-order chi connectivity index (χ1) is 12.5. The average molecular weight is 421 g/mol. The maximum atomic E-state index is 12.4. The van der Waals surface area contributed by atoms with Crippen LogP contribution in [0.1, 0.15) is 40.4 Å². The molecule has 0 radical (unpaired) electrons. The van der Waals surface area contributed by atoms with Crippen LogP contribution >= 0.6 is 15.9 Å². The van der Waals surface area contributed by atoms with Crippen LogP contribution in [0.25, 0.3) is 16.8 Å². The number of hydrogen-bond donors (Lipinski definition) is 1. The number of H-pyrrole nitrogens is 1. The van der Waals surface area contributed by atoms with Gasteiger partial charge in [0, 0.05) is 23.0 Å². The molecule has 0 aliphatic rings. The molecule has 3 aromatic heterocycles. The number of nitrogens with zero attached hydrogens (tertiary/aromatic N) is 3. The predicted molar refractivity (Wildman–Crippen MR) is 97.1 cm³/mol. The fourth-order valence-electron chi connectivity index (χ4n) is 2.74. The van der Waals surface area contributed by atoms with Gasteiger partial charge in [0.15, 0.2) is 5.69 Å². The van der Waals surface area contributed by atoms with Gasteiger partial charge in [-0.1, -0.05) is 6.92 Å². The Kier molecular flexibility index (Phi) is 5.08. The number of carbonyl (C=O) groups is 2. The van der Waals surface area contributed by atoms with Gasteiger partial charge in [0.2, 0.25) is 0 Å². The maximum absolute atomic E-state index is 12.4. The molecule has 0 aromatic carbocycles. The molecule has 3 heterocycles. The first-order valence-electron chi connectivity index (χ1n) is 8.01. The number of carbonyl (C=O) groups excluding carboxylic acids is 2. The van der Waals surface area contributed by atoms with Crippen molar-refractivity contribution in [1.82, 2.24) is 19.6 Å². The van der Waals surface area contributed by atoms with Crippen LogP contribution in [0.15, 0.2) is 23.1 Å². The van der Waals surface area contributed by atoms with E-state index in [4.69, 9.17) is 9.47 Å². The highest BCUT2D eigenvalue weighted by Gasteiger charge is 2.25. The van der Waals surface area contributed by atoms with Crippen LogP contribution in [0.4, 0.5) is 0 Å². The Bertz CT molecular complexity index is 992. The number of halogens is 1. The minimum atomic E-state index is -0.536. The summed E-state index contributed by atoms with van der Waals surface area (Å²) in [4.78, 5) is 28.8. The molecule has 0 unspecified atom stereocenters. The van der Waals surface area contributed by atoms with Crippen molar-refractivity contribution >= 4 is 33.5 Å². The first kappa shape index (κ1) is 18.1. The van der Waals surface area contributed by atoms with Gasteiger partial charge in [0.1, 0.15) is 10.3 Å². The number of aromatic amines is 1. The van der Waals surface area contributed by atoms with Gasteiger partial charge in [-0.25, -0.2) is 14.6 Å². The molecule has 0 spiro atoms. The number of pyridine rings is 1. The number of aromatic nitrogens is 4. The lowest BCUT2D eigenvalue weighted by Crippen LogP contribution is -2.08. The second kappa shape index (κ2) is 7.28. The van der Waals surface area contributed by atoms with E-state index in [0.29, 0.717) is 33.4 Å². The van der Waals surface area contributed by atoms with Crippen molar-refractivity contribution in [1.29, 1.82) is 0 Å². The van der Waals surface area contributed by atoms with Gasteiger partial charge < -0.3 is 9.47 Å². The number of imidazole rings is 1. The van der Waals surface area contributed by atoms with Crippen molar-refractivity contribution in [3.8, 4) is 11.1 Å². The average Bonchev–Trinajstić information content (AvgIpc) is 3.24. The molecule has 0 bridgehead atoms. The third-order valence-corrected chi connectivity index (χ3v) is 4.50. The molecule has 136 valence electrons. The Hall–Kier alpha value is -2.68. The standard InChI is InChI=1S/C17H17BrN4O4/c1-4-11-13(14(21-20-11)17(24)26-5-2)10-6-9(16(23)25-3)8-22-12(18)7-19-15(10)22/h6-8H,4-5H2,1-3H3,(H,20,21). The van der Waals surface area contributed by atoms with Crippen LogP contribution < -0.4 is 0 Å². The van der Waals surface area contributed by atoms with E-state index in [0.717, 1.165) is 5.69 Å². The van der Waals surface area contributed by atoms with E-state index in [1.54, 1.807) is 29.8 Å². The molecule has 0 aliphatic heterocycles. The van der Waals surface area contributed by atoms with E-state index in [9.17, 15) is 9.59 Å². The highest BCUT2D eigenvalue weighted by atomic mass is 79.9. The zero-order chi connectivity index (χ0) is 18.8. The lowest BCUT2D eigenvalue weighted by atomic mass is 10.0. The summed E-state index contributed by atoms with van der Waals surface area (Å²) in [6.07, 6.45) is 3.85. The van der Waals surface area contributed by atoms with E-state index in [-0.39, 0.29) is 12.3 Å². The molecule has 9 heteroatoms. The Morgan fingerprint density at radius 2 is 2.08 bits per heavy atom. The van der Waals surface area contributed by atoms with Gasteiger partial charge in [-0.3, -0.25) is 9.50 Å². The Balaban J connectivity index is 2.33. The zero-order valence-electron chi connectivity index (χ0n) is 14.5. The molecule has 0 saturated carbocycles. The van der Waals surface area contributed by atoms with Gasteiger partial charge in [0.25, 0.3) is 0 Å². The highest BCUT2D eigenvalue weighted by Crippen LogP contribution is 2.32. The fourth-order valence-corrected chi connectivity index (χ4v) is 3.12. The molecule has 1 N–H and O–H groups in total. The van der Waals surface area contributed by atoms with Crippen molar-refractivity contribution < 1.29 is 19.1 Å². The summed E-state index contributed by atoms with van der Waals surface area (Å²) < 4.78 is 12.3. The van der Waals surface area contributed by atoms with Crippen LogP contribution in [0, 0.1) is 0 Å². The molecule has 3 aromatic rings. The second-order valence-corrected chi connectivity index (χ2v) is 6.22. The summed E-state index contributed by atoms with van der Waals surface area (Å²) in [6, 6.07) is 1.65. The number of methoxy groups -OCH3 is 1. The van der Waals surface area contributed by atoms with Crippen molar-refractivity contribution in [2.45, 2.75) is 20.3 Å². The van der Waals surface area contributed by atoms with E-state index in [1.807, 2.05) is 6.92 Å². The van der Waals surface area contributed by atoms with Crippen LogP contribution in [-0.2, 0) is 15.9 Å². The Morgan fingerprint density at radius 1 is 1.31 bits per heavy atom. The number of rotatable bonds is 5. The van der Waals surface area contributed by atoms with Gasteiger partial charge in [-0.2, -0.15) is 5.10 Å². The number of ether oxygens (including phenoxy) is 2. The smallest absolute Gasteiger partial charge is 0.359 e. The normalized spacial score (nSPS) is 10.9. The summed E-state index contributed by atoms with van der Waals surface area (Å²) >= 11 is 3.41. The van der Waals surface area contributed by atoms with Crippen molar-refractivity contribution in [3.05, 3.63) is 40.0 Å². The molecule has 26 heavy (non-hydrogen) atoms. The second-order valence-electron chi connectivity index (χ2n) is 5.41. The third-order valence-electron chi connectivity index (χ3n) is 3.91. The highest BCUT2D eigenvalue weighted by molar-refractivity contribution is 9.10. The summed E-state index contributed by atoms with van der Waals surface area (Å²) in [5.41, 5.74) is 2.97. The fraction of sp³-hybridized carbons (Fsp3) is 0.294. The molecular weight excluding hydrogens is 404 g/mol. The van der Waals surface area contributed by atoms with E-state index < -0.39 is 11.9 Å². The molecule has 3 rings (SSSR count). The lowest BCUT2D eigenvalue weighted by Gasteiger charge is -2.10. The van der Waals surface area contributed by atoms with E-state index >= 15 is 0 Å². The van der Waals surface area contributed by atoms with Crippen molar-refractivity contribution in [2.75, 3.05) is 13.7 Å². The summed E-state index contributed by atoms with van der Waals surface area (Å²) in [5, 5.41) is 7.01. The molecule has 0 aliphatic carbocycles. The van der Waals surface area contributed by atoms with Gasteiger partial charge >= 0.3 is 11.9 Å².